The molecule has 0 aromatic heterocycles. The fraction of sp³-hybridized carbons (Fsp3) is 0.100. The van der Waals surface area contributed by atoms with Gasteiger partial charge in [0.05, 0.1) is 16.8 Å². The summed E-state index contributed by atoms with van der Waals surface area (Å²) in [5, 5.41) is 0. The van der Waals surface area contributed by atoms with Gasteiger partial charge in [-0.05, 0) is 60.0 Å². The van der Waals surface area contributed by atoms with Gasteiger partial charge >= 0.3 is 0 Å². The number of rotatable bonds is 6. The SMILES string of the molecule is Cc1cc(-c2ccccc2)ccc1NS(=O)(=O)c1ccc(NS(C)(=O)=O)cc1. The van der Waals surface area contributed by atoms with Crippen molar-refractivity contribution in [3.8, 4) is 11.1 Å². The number of benzene rings is 3. The number of anilines is 2. The van der Waals surface area contributed by atoms with Crippen molar-refractivity contribution >= 4 is 31.4 Å². The third-order valence-electron chi connectivity index (χ3n) is 4.05. The average Bonchev–Trinajstić information content (AvgIpc) is 2.63. The van der Waals surface area contributed by atoms with Gasteiger partial charge in [-0.25, -0.2) is 16.8 Å². The lowest BCUT2D eigenvalue weighted by molar-refractivity contribution is 0.601. The van der Waals surface area contributed by atoms with Crippen molar-refractivity contribution in [3.63, 3.8) is 0 Å². The minimum atomic E-state index is -3.80. The molecule has 0 amide bonds. The highest BCUT2D eigenvalue weighted by atomic mass is 32.2. The van der Waals surface area contributed by atoms with E-state index in [2.05, 4.69) is 9.44 Å². The Labute approximate surface area is 165 Å². The Hall–Kier alpha value is -2.84. The lowest BCUT2D eigenvalue weighted by Crippen LogP contribution is -2.14. The van der Waals surface area contributed by atoms with Crippen LogP contribution in [0.1, 0.15) is 5.56 Å². The van der Waals surface area contributed by atoms with E-state index in [0.29, 0.717) is 11.4 Å². The Morgan fingerprint density at radius 1 is 0.714 bits per heavy atom. The van der Waals surface area contributed by atoms with E-state index in [-0.39, 0.29) is 4.90 Å². The Bertz CT molecular complexity index is 1190. The molecule has 0 unspecified atom stereocenters. The number of hydrogen-bond acceptors (Lipinski definition) is 4. The summed E-state index contributed by atoms with van der Waals surface area (Å²) in [6, 6.07) is 20.8. The van der Waals surface area contributed by atoms with Crippen LogP contribution in [0, 0.1) is 6.92 Å². The highest BCUT2D eigenvalue weighted by Gasteiger charge is 2.16. The normalized spacial score (nSPS) is 11.8. The van der Waals surface area contributed by atoms with Crippen LogP contribution in [0.5, 0.6) is 0 Å². The molecule has 0 spiro atoms. The Kier molecular flexibility index (Phi) is 5.44. The largest absolute Gasteiger partial charge is 0.284 e. The molecule has 146 valence electrons. The van der Waals surface area contributed by atoms with E-state index in [0.717, 1.165) is 22.9 Å². The smallest absolute Gasteiger partial charge is 0.261 e. The van der Waals surface area contributed by atoms with Crippen molar-refractivity contribution in [2.75, 3.05) is 15.7 Å². The highest BCUT2D eigenvalue weighted by molar-refractivity contribution is 7.92. The second-order valence-corrected chi connectivity index (χ2v) is 9.83. The van der Waals surface area contributed by atoms with Gasteiger partial charge < -0.3 is 0 Å². The molecular formula is C20H20N2O4S2. The molecule has 3 rings (SSSR count). The third-order valence-corrected chi connectivity index (χ3v) is 6.03. The van der Waals surface area contributed by atoms with Crippen molar-refractivity contribution in [1.29, 1.82) is 0 Å². The van der Waals surface area contributed by atoms with E-state index in [1.54, 1.807) is 6.07 Å². The molecule has 0 fully saturated rings. The predicted molar refractivity (Wildman–Crippen MR) is 112 cm³/mol. The quantitative estimate of drug-likeness (QED) is 0.639. The van der Waals surface area contributed by atoms with E-state index >= 15 is 0 Å². The van der Waals surface area contributed by atoms with Gasteiger partial charge in [-0.15, -0.1) is 0 Å². The van der Waals surface area contributed by atoms with Crippen LogP contribution in [0.3, 0.4) is 0 Å². The molecule has 3 aromatic rings. The molecule has 3 aromatic carbocycles. The van der Waals surface area contributed by atoms with Crippen molar-refractivity contribution in [2.24, 2.45) is 0 Å². The van der Waals surface area contributed by atoms with Crippen LogP contribution in [-0.4, -0.2) is 23.1 Å². The van der Waals surface area contributed by atoms with Crippen molar-refractivity contribution < 1.29 is 16.8 Å². The third kappa shape index (κ3) is 4.90. The molecule has 6 nitrogen and oxygen atoms in total. The summed E-state index contributed by atoms with van der Waals surface area (Å²) in [5.74, 6) is 0. The summed E-state index contributed by atoms with van der Waals surface area (Å²) in [6.45, 7) is 1.84. The fourth-order valence-corrected chi connectivity index (χ4v) is 4.40. The first-order valence-electron chi connectivity index (χ1n) is 8.41. The molecule has 0 radical (unpaired) electrons. The average molecular weight is 417 g/mol. The zero-order valence-corrected chi connectivity index (χ0v) is 17.0. The first-order valence-corrected chi connectivity index (χ1v) is 11.8. The van der Waals surface area contributed by atoms with Gasteiger partial charge in [0.2, 0.25) is 10.0 Å². The predicted octanol–water partition coefficient (Wildman–Crippen LogP) is 3.83. The fourth-order valence-electron chi connectivity index (χ4n) is 2.71. The van der Waals surface area contributed by atoms with Crippen LogP contribution in [-0.2, 0) is 20.0 Å². The van der Waals surface area contributed by atoms with Crippen LogP contribution >= 0.6 is 0 Å². The van der Waals surface area contributed by atoms with Crippen LogP contribution in [0.25, 0.3) is 11.1 Å². The van der Waals surface area contributed by atoms with Crippen LogP contribution in [0.4, 0.5) is 11.4 Å². The summed E-state index contributed by atoms with van der Waals surface area (Å²) in [4.78, 5) is 0.0399. The van der Waals surface area contributed by atoms with Gasteiger partial charge in [-0.2, -0.15) is 0 Å². The van der Waals surface area contributed by atoms with E-state index in [9.17, 15) is 16.8 Å². The number of sulfonamides is 2. The Morgan fingerprint density at radius 3 is 1.93 bits per heavy atom. The topological polar surface area (TPSA) is 92.3 Å². The van der Waals surface area contributed by atoms with Gasteiger partial charge in [0, 0.05) is 5.69 Å². The highest BCUT2D eigenvalue weighted by Crippen LogP contribution is 2.26. The van der Waals surface area contributed by atoms with Gasteiger partial charge in [0.15, 0.2) is 0 Å². The molecule has 0 atom stereocenters. The maximum atomic E-state index is 12.7. The monoisotopic (exact) mass is 416 g/mol. The first-order chi connectivity index (χ1) is 13.1. The van der Waals surface area contributed by atoms with Crippen LogP contribution in [0.2, 0.25) is 0 Å². The van der Waals surface area contributed by atoms with Gasteiger partial charge in [0.25, 0.3) is 10.0 Å². The molecular weight excluding hydrogens is 396 g/mol. The molecule has 0 aliphatic heterocycles. The minimum Gasteiger partial charge on any atom is -0.284 e. The standard InChI is InChI=1S/C20H20N2O4S2/c1-15-14-17(16-6-4-3-5-7-16)8-13-20(15)22-28(25,26)19-11-9-18(10-12-19)21-27(2,23)24/h3-14,21-22H,1-2H3. The van der Waals surface area contributed by atoms with Crippen LogP contribution in [0.15, 0.2) is 77.7 Å². The van der Waals surface area contributed by atoms with Gasteiger partial charge in [-0.3, -0.25) is 9.44 Å². The van der Waals surface area contributed by atoms with E-state index in [1.165, 1.54) is 24.3 Å². The molecule has 8 heteroatoms. The van der Waals surface area contributed by atoms with Crippen LogP contribution < -0.4 is 9.44 Å². The molecule has 28 heavy (non-hydrogen) atoms. The molecule has 0 saturated heterocycles. The summed E-state index contributed by atoms with van der Waals surface area (Å²) in [5.41, 5.74) is 3.62. The molecule has 0 aliphatic rings. The molecule has 0 saturated carbocycles. The summed E-state index contributed by atoms with van der Waals surface area (Å²) in [6.07, 6.45) is 1.03. The second kappa shape index (κ2) is 7.65. The summed E-state index contributed by atoms with van der Waals surface area (Å²) >= 11 is 0. The Balaban J connectivity index is 1.82. The number of nitrogens with one attached hydrogen (secondary N) is 2. The minimum absolute atomic E-state index is 0.0399. The summed E-state index contributed by atoms with van der Waals surface area (Å²) < 4.78 is 52.7. The van der Waals surface area contributed by atoms with Gasteiger partial charge in [-0.1, -0.05) is 36.4 Å². The summed E-state index contributed by atoms with van der Waals surface area (Å²) in [7, 11) is -7.22. The number of aryl methyl sites for hydroxylation is 1. The second-order valence-electron chi connectivity index (χ2n) is 6.40. The maximum absolute atomic E-state index is 12.7. The molecule has 0 heterocycles. The van der Waals surface area contributed by atoms with E-state index in [4.69, 9.17) is 0 Å². The zero-order valence-electron chi connectivity index (χ0n) is 15.4. The molecule has 2 N–H and O–H groups in total. The molecule has 0 aliphatic carbocycles. The number of hydrogen-bond donors (Lipinski definition) is 2. The Morgan fingerprint density at radius 2 is 1.36 bits per heavy atom. The zero-order chi connectivity index (χ0) is 20.4. The van der Waals surface area contributed by atoms with Crippen molar-refractivity contribution in [2.45, 2.75) is 11.8 Å². The van der Waals surface area contributed by atoms with Crippen molar-refractivity contribution in [1.82, 2.24) is 0 Å². The first kappa shape index (κ1) is 19.9. The maximum Gasteiger partial charge on any atom is 0.261 e. The van der Waals surface area contributed by atoms with Crippen molar-refractivity contribution in [3.05, 3.63) is 78.4 Å². The van der Waals surface area contributed by atoms with Gasteiger partial charge in [0.1, 0.15) is 0 Å². The lowest BCUT2D eigenvalue weighted by Gasteiger charge is -2.13. The molecule has 0 bridgehead atoms. The van der Waals surface area contributed by atoms with E-state index < -0.39 is 20.0 Å². The van der Waals surface area contributed by atoms with E-state index in [1.807, 2.05) is 49.4 Å². The lowest BCUT2D eigenvalue weighted by atomic mass is 10.0.